The maximum atomic E-state index is 13.8. The van der Waals surface area contributed by atoms with E-state index in [1.807, 2.05) is 31.2 Å². The lowest BCUT2D eigenvalue weighted by atomic mass is 10.1. The Kier molecular flexibility index (Phi) is 10.3. The minimum absolute atomic E-state index is 0. The molecule has 170 valence electrons. The number of methoxy groups -OCH3 is 2. The summed E-state index contributed by atoms with van der Waals surface area (Å²) in [7, 11) is 3.27. The van der Waals surface area contributed by atoms with Gasteiger partial charge in [-0.2, -0.15) is 0 Å². The molecule has 1 fully saturated rings. The Morgan fingerprint density at radius 2 is 2.03 bits per heavy atom. The summed E-state index contributed by atoms with van der Waals surface area (Å²) in [5.41, 5.74) is 2.61. The van der Waals surface area contributed by atoms with Crippen LogP contribution >= 0.6 is 24.0 Å². The highest BCUT2D eigenvalue weighted by Gasteiger charge is 2.25. The van der Waals surface area contributed by atoms with E-state index in [4.69, 9.17) is 14.5 Å². The van der Waals surface area contributed by atoms with E-state index in [0.717, 1.165) is 49.0 Å². The molecular formula is C23H32FIN4O2. The fourth-order valence-electron chi connectivity index (χ4n) is 3.66. The summed E-state index contributed by atoms with van der Waals surface area (Å²) in [5.74, 6) is 1.40. The zero-order chi connectivity index (χ0) is 21.3. The topological polar surface area (TPSA) is 58.1 Å². The lowest BCUT2D eigenvalue weighted by Gasteiger charge is -2.22. The van der Waals surface area contributed by atoms with Gasteiger partial charge in [0.25, 0.3) is 0 Å². The van der Waals surface area contributed by atoms with Gasteiger partial charge in [0, 0.05) is 38.3 Å². The van der Waals surface area contributed by atoms with Gasteiger partial charge in [-0.3, -0.25) is 0 Å². The van der Waals surface area contributed by atoms with Crippen LogP contribution in [0.5, 0.6) is 5.75 Å². The van der Waals surface area contributed by atoms with Crippen LogP contribution in [0.4, 0.5) is 10.1 Å². The van der Waals surface area contributed by atoms with Crippen molar-refractivity contribution in [1.82, 2.24) is 10.6 Å². The smallest absolute Gasteiger partial charge is 0.191 e. The molecule has 2 N–H and O–H groups in total. The first-order valence-corrected chi connectivity index (χ1v) is 10.3. The Bertz CT molecular complexity index is 865. The first-order valence-electron chi connectivity index (χ1n) is 10.3. The monoisotopic (exact) mass is 542 g/mol. The second-order valence-corrected chi connectivity index (χ2v) is 7.30. The molecule has 1 unspecified atom stereocenters. The van der Waals surface area contributed by atoms with Gasteiger partial charge in [-0.1, -0.05) is 18.2 Å². The highest BCUT2D eigenvalue weighted by atomic mass is 127. The van der Waals surface area contributed by atoms with Gasteiger partial charge in [0.1, 0.15) is 11.6 Å². The SMILES string of the molecule is CCNC(=NCc1ccc(F)c(COC)c1)NC1CCN(c2ccccc2OC)C1.I. The van der Waals surface area contributed by atoms with Gasteiger partial charge in [0.05, 0.1) is 25.9 Å². The van der Waals surface area contributed by atoms with E-state index < -0.39 is 0 Å². The molecule has 2 aromatic carbocycles. The van der Waals surface area contributed by atoms with Crippen LogP contribution in [0.15, 0.2) is 47.5 Å². The van der Waals surface area contributed by atoms with Crippen molar-refractivity contribution in [2.75, 3.05) is 38.8 Å². The van der Waals surface area contributed by atoms with E-state index in [9.17, 15) is 4.39 Å². The van der Waals surface area contributed by atoms with E-state index in [2.05, 4.69) is 21.6 Å². The summed E-state index contributed by atoms with van der Waals surface area (Å²) < 4.78 is 24.4. The number of benzene rings is 2. The minimum Gasteiger partial charge on any atom is -0.495 e. The van der Waals surface area contributed by atoms with Crippen LogP contribution in [-0.4, -0.2) is 45.9 Å². The molecule has 0 aliphatic carbocycles. The molecule has 0 aromatic heterocycles. The van der Waals surface area contributed by atoms with Gasteiger partial charge < -0.3 is 25.0 Å². The first-order chi connectivity index (χ1) is 14.6. The third kappa shape index (κ3) is 6.96. The Balaban J connectivity index is 0.00000341. The molecule has 31 heavy (non-hydrogen) atoms. The Labute approximate surface area is 201 Å². The maximum absolute atomic E-state index is 13.8. The number of para-hydroxylation sites is 2. The standard InChI is InChI=1S/C23H31FN4O2.HI/c1-4-25-23(26-14-17-9-10-20(24)18(13-17)16-29-2)27-19-11-12-28(15-19)21-7-5-6-8-22(21)30-3;/h5-10,13,19H,4,11-12,14-16H2,1-3H3,(H2,25,26,27);1H. The summed E-state index contributed by atoms with van der Waals surface area (Å²) >= 11 is 0. The van der Waals surface area contributed by atoms with Crippen LogP contribution in [0.25, 0.3) is 0 Å². The van der Waals surface area contributed by atoms with Gasteiger partial charge in [-0.25, -0.2) is 9.38 Å². The van der Waals surface area contributed by atoms with Crippen LogP contribution < -0.4 is 20.3 Å². The van der Waals surface area contributed by atoms with E-state index in [-0.39, 0.29) is 42.4 Å². The van der Waals surface area contributed by atoms with Gasteiger partial charge in [-0.05, 0) is 43.2 Å². The number of hydrogen-bond donors (Lipinski definition) is 2. The third-order valence-electron chi connectivity index (χ3n) is 5.13. The lowest BCUT2D eigenvalue weighted by Crippen LogP contribution is -2.44. The summed E-state index contributed by atoms with van der Waals surface area (Å²) in [5, 5.41) is 6.84. The van der Waals surface area contributed by atoms with E-state index in [0.29, 0.717) is 12.1 Å². The number of anilines is 1. The van der Waals surface area contributed by atoms with Gasteiger partial charge in [-0.15, -0.1) is 24.0 Å². The average molecular weight is 542 g/mol. The molecule has 0 spiro atoms. The number of halogens is 2. The van der Waals surface area contributed by atoms with Gasteiger partial charge in [0.15, 0.2) is 5.96 Å². The normalized spacial score (nSPS) is 16.1. The lowest BCUT2D eigenvalue weighted by molar-refractivity contribution is 0.181. The highest BCUT2D eigenvalue weighted by molar-refractivity contribution is 14.0. The first kappa shape index (κ1) is 25.2. The molecule has 8 heteroatoms. The van der Waals surface area contributed by atoms with Crippen molar-refractivity contribution in [2.24, 2.45) is 4.99 Å². The van der Waals surface area contributed by atoms with Crippen LogP contribution in [0.3, 0.4) is 0 Å². The Morgan fingerprint density at radius 1 is 1.23 bits per heavy atom. The number of ether oxygens (including phenoxy) is 2. The zero-order valence-electron chi connectivity index (χ0n) is 18.4. The van der Waals surface area contributed by atoms with Crippen LogP contribution in [0.2, 0.25) is 0 Å². The van der Waals surface area contributed by atoms with Gasteiger partial charge in [0.2, 0.25) is 0 Å². The fourth-order valence-corrected chi connectivity index (χ4v) is 3.66. The van der Waals surface area contributed by atoms with Crippen molar-refractivity contribution in [3.8, 4) is 5.75 Å². The van der Waals surface area contributed by atoms with Crippen molar-refractivity contribution in [3.05, 3.63) is 59.4 Å². The second-order valence-electron chi connectivity index (χ2n) is 7.30. The maximum Gasteiger partial charge on any atom is 0.191 e. The molecule has 1 aliphatic rings. The second kappa shape index (κ2) is 12.7. The molecular weight excluding hydrogens is 510 g/mol. The van der Waals surface area contributed by atoms with Crippen LogP contribution in [-0.2, 0) is 17.9 Å². The molecule has 2 aromatic rings. The van der Waals surface area contributed by atoms with Crippen molar-refractivity contribution < 1.29 is 13.9 Å². The molecule has 3 rings (SSSR count). The third-order valence-corrected chi connectivity index (χ3v) is 5.13. The predicted octanol–water partition coefficient (Wildman–Crippen LogP) is 3.93. The zero-order valence-corrected chi connectivity index (χ0v) is 20.7. The van der Waals surface area contributed by atoms with Crippen molar-refractivity contribution >= 4 is 35.6 Å². The molecule has 1 heterocycles. The Hall–Kier alpha value is -2.07. The summed E-state index contributed by atoms with van der Waals surface area (Å²) in [6.45, 7) is 5.36. The molecule has 0 amide bonds. The van der Waals surface area contributed by atoms with E-state index in [1.165, 1.54) is 6.07 Å². The largest absolute Gasteiger partial charge is 0.495 e. The molecule has 0 bridgehead atoms. The van der Waals surface area contributed by atoms with Crippen molar-refractivity contribution in [2.45, 2.75) is 32.5 Å². The molecule has 0 radical (unpaired) electrons. The van der Waals surface area contributed by atoms with Crippen LogP contribution in [0, 0.1) is 5.82 Å². The Morgan fingerprint density at radius 3 is 2.77 bits per heavy atom. The summed E-state index contributed by atoms with van der Waals surface area (Å²) in [6.07, 6.45) is 1.01. The van der Waals surface area contributed by atoms with Crippen molar-refractivity contribution in [3.63, 3.8) is 0 Å². The predicted molar refractivity (Wildman–Crippen MR) is 134 cm³/mol. The number of aliphatic imine (C=N–C) groups is 1. The van der Waals surface area contributed by atoms with E-state index in [1.54, 1.807) is 20.3 Å². The fraction of sp³-hybridized carbons (Fsp3) is 0.435. The number of nitrogens with one attached hydrogen (secondary N) is 2. The minimum atomic E-state index is -0.253. The number of nitrogens with zero attached hydrogens (tertiary/aromatic N) is 2. The highest BCUT2D eigenvalue weighted by Crippen LogP contribution is 2.30. The summed E-state index contributed by atoms with van der Waals surface area (Å²) in [4.78, 5) is 7.03. The number of hydrogen-bond acceptors (Lipinski definition) is 4. The molecule has 0 saturated carbocycles. The van der Waals surface area contributed by atoms with Crippen molar-refractivity contribution in [1.29, 1.82) is 0 Å². The summed E-state index contributed by atoms with van der Waals surface area (Å²) in [6, 6.07) is 13.4. The number of guanidine groups is 1. The number of rotatable bonds is 8. The molecule has 1 saturated heterocycles. The molecule has 1 aliphatic heterocycles. The molecule has 1 atom stereocenters. The quantitative estimate of drug-likeness (QED) is 0.301. The van der Waals surface area contributed by atoms with E-state index >= 15 is 0 Å². The van der Waals surface area contributed by atoms with Crippen LogP contribution in [0.1, 0.15) is 24.5 Å². The molecule has 6 nitrogen and oxygen atoms in total. The van der Waals surface area contributed by atoms with Gasteiger partial charge >= 0.3 is 0 Å². The average Bonchev–Trinajstić information content (AvgIpc) is 3.22.